The van der Waals surface area contributed by atoms with Gasteiger partial charge >= 0.3 is 0 Å². The van der Waals surface area contributed by atoms with Crippen molar-refractivity contribution in [3.05, 3.63) is 90.2 Å². The third-order valence-corrected chi connectivity index (χ3v) is 5.96. The van der Waals surface area contributed by atoms with Crippen molar-refractivity contribution in [3.8, 4) is 0 Å². The monoisotopic (exact) mass is 431 g/mol. The Balaban J connectivity index is 1.56. The first-order chi connectivity index (χ1) is 15.5. The number of imide groups is 1. The predicted molar refractivity (Wildman–Crippen MR) is 120 cm³/mol. The van der Waals surface area contributed by atoms with E-state index in [1.807, 2.05) is 73.6 Å². The van der Waals surface area contributed by atoms with Crippen LogP contribution in [0.2, 0.25) is 0 Å². The zero-order valence-electron chi connectivity index (χ0n) is 17.7. The second-order valence-corrected chi connectivity index (χ2v) is 8.13. The van der Waals surface area contributed by atoms with E-state index in [1.54, 1.807) is 5.06 Å². The molecule has 162 valence electrons. The molecule has 2 fully saturated rings. The minimum atomic E-state index is -0.953. The van der Waals surface area contributed by atoms with Gasteiger partial charge in [0.05, 0.1) is 17.4 Å². The summed E-state index contributed by atoms with van der Waals surface area (Å²) in [5.41, 5.74) is 3.00. The normalized spacial score (nSPS) is 22.4. The second kappa shape index (κ2) is 7.76. The molecular weight excluding hydrogens is 409 g/mol. The average Bonchev–Trinajstić information content (AvgIpc) is 3.31. The summed E-state index contributed by atoms with van der Waals surface area (Å²) in [6.07, 6.45) is -0.953. The summed E-state index contributed by atoms with van der Waals surface area (Å²) in [6.45, 7) is 0. The topological polar surface area (TPSA) is 53.1 Å². The summed E-state index contributed by atoms with van der Waals surface area (Å²) in [5.74, 6) is -1.96. The number of hydrogen-bond donors (Lipinski definition) is 0. The Kier molecular flexibility index (Phi) is 4.90. The van der Waals surface area contributed by atoms with Gasteiger partial charge in [0.1, 0.15) is 11.7 Å². The van der Waals surface area contributed by atoms with Crippen LogP contribution in [0.25, 0.3) is 0 Å². The highest BCUT2D eigenvalue weighted by atomic mass is 19.1. The second-order valence-electron chi connectivity index (χ2n) is 8.13. The lowest BCUT2D eigenvalue weighted by Crippen LogP contribution is -2.37. The first kappa shape index (κ1) is 20.2. The standard InChI is InChI=1S/C25H22FN3O3/c1-27(2)18-12-8-16(9-13-18)22-21-23(32-29(22)20-6-4-3-5-7-20)25(31)28(24(21)30)19-14-10-17(26)11-15-19/h3-15,21-23H,1-2H3/t21-,22-,23+/m1/s1. The molecule has 3 aromatic carbocycles. The molecule has 5 rings (SSSR count). The van der Waals surface area contributed by atoms with Gasteiger partial charge in [0.15, 0.2) is 6.10 Å². The van der Waals surface area contributed by atoms with Crippen molar-refractivity contribution < 1.29 is 18.8 Å². The van der Waals surface area contributed by atoms with Crippen LogP contribution in [0.5, 0.6) is 0 Å². The van der Waals surface area contributed by atoms with Crippen molar-refractivity contribution in [2.75, 3.05) is 29.0 Å². The van der Waals surface area contributed by atoms with Gasteiger partial charge in [-0.2, -0.15) is 0 Å². The van der Waals surface area contributed by atoms with Gasteiger partial charge in [-0.15, -0.1) is 0 Å². The molecule has 2 amide bonds. The van der Waals surface area contributed by atoms with Crippen molar-refractivity contribution in [1.29, 1.82) is 0 Å². The molecule has 2 aliphatic rings. The molecule has 0 spiro atoms. The Morgan fingerprint density at radius 1 is 0.812 bits per heavy atom. The summed E-state index contributed by atoms with van der Waals surface area (Å²) in [6, 6.07) is 22.1. The highest BCUT2D eigenvalue weighted by Crippen LogP contribution is 2.47. The number of para-hydroxylation sites is 1. The van der Waals surface area contributed by atoms with Gasteiger partial charge in [-0.25, -0.2) is 14.4 Å². The molecule has 7 heteroatoms. The van der Waals surface area contributed by atoms with Crippen LogP contribution in [0.15, 0.2) is 78.9 Å². The van der Waals surface area contributed by atoms with E-state index in [-0.39, 0.29) is 5.91 Å². The molecule has 3 aromatic rings. The number of amides is 2. The number of benzene rings is 3. The number of fused-ring (bicyclic) bond motifs is 1. The van der Waals surface area contributed by atoms with E-state index in [4.69, 9.17) is 4.84 Å². The zero-order chi connectivity index (χ0) is 22.4. The third-order valence-electron chi connectivity index (χ3n) is 5.96. The molecule has 3 atom stereocenters. The van der Waals surface area contributed by atoms with Crippen molar-refractivity contribution >= 4 is 28.9 Å². The summed E-state index contributed by atoms with van der Waals surface area (Å²) in [5, 5.41) is 1.66. The van der Waals surface area contributed by atoms with E-state index < -0.39 is 29.8 Å². The third kappa shape index (κ3) is 3.22. The molecule has 2 heterocycles. The number of halogens is 1. The molecule has 0 bridgehead atoms. The summed E-state index contributed by atoms with van der Waals surface area (Å²) in [7, 11) is 3.92. The summed E-state index contributed by atoms with van der Waals surface area (Å²) >= 11 is 0. The predicted octanol–water partition coefficient (Wildman–Crippen LogP) is 3.94. The summed E-state index contributed by atoms with van der Waals surface area (Å²) < 4.78 is 13.4. The van der Waals surface area contributed by atoms with Crippen LogP contribution in [0, 0.1) is 11.7 Å². The largest absolute Gasteiger partial charge is 0.378 e. The molecule has 0 N–H and O–H groups in total. The van der Waals surface area contributed by atoms with Gasteiger partial charge in [0.2, 0.25) is 5.91 Å². The van der Waals surface area contributed by atoms with Crippen LogP contribution in [-0.4, -0.2) is 32.0 Å². The number of hydrogen-bond acceptors (Lipinski definition) is 5. The average molecular weight is 431 g/mol. The van der Waals surface area contributed by atoms with Crippen LogP contribution in [-0.2, 0) is 14.4 Å². The first-order valence-corrected chi connectivity index (χ1v) is 10.4. The fourth-order valence-electron chi connectivity index (χ4n) is 4.37. The molecule has 6 nitrogen and oxygen atoms in total. The van der Waals surface area contributed by atoms with Gasteiger partial charge in [-0.1, -0.05) is 30.3 Å². The molecule has 0 unspecified atom stereocenters. The molecule has 2 saturated heterocycles. The Bertz CT molecular complexity index is 1150. The number of carbonyl (C=O) groups excluding carboxylic acids is 2. The Morgan fingerprint density at radius 2 is 1.47 bits per heavy atom. The lowest BCUT2D eigenvalue weighted by Gasteiger charge is -2.29. The van der Waals surface area contributed by atoms with Crippen molar-refractivity contribution in [3.63, 3.8) is 0 Å². The smallest absolute Gasteiger partial charge is 0.266 e. The maximum atomic E-state index is 13.5. The maximum absolute atomic E-state index is 13.5. The lowest BCUT2D eigenvalue weighted by molar-refractivity contribution is -0.126. The van der Waals surface area contributed by atoms with E-state index in [1.165, 1.54) is 24.3 Å². The molecule has 2 aliphatic heterocycles. The van der Waals surface area contributed by atoms with Crippen LogP contribution in [0.4, 0.5) is 21.5 Å². The van der Waals surface area contributed by atoms with E-state index in [2.05, 4.69) is 0 Å². The van der Waals surface area contributed by atoms with E-state index in [9.17, 15) is 14.0 Å². The quantitative estimate of drug-likeness (QED) is 0.586. The number of rotatable bonds is 4. The van der Waals surface area contributed by atoms with Crippen molar-refractivity contribution in [1.82, 2.24) is 0 Å². The number of hydroxylamine groups is 1. The SMILES string of the molecule is CN(C)c1ccc([C@@H]2[C@H]3C(=O)N(c4ccc(F)cc4)C(=O)[C@H]3ON2c2ccccc2)cc1. The number of carbonyl (C=O) groups is 2. The molecule has 32 heavy (non-hydrogen) atoms. The van der Waals surface area contributed by atoms with E-state index in [0.29, 0.717) is 5.69 Å². The summed E-state index contributed by atoms with van der Waals surface area (Å²) in [4.78, 5) is 36.0. The minimum absolute atomic E-state index is 0.340. The number of nitrogens with zero attached hydrogens (tertiary/aromatic N) is 3. The molecular formula is C25H22FN3O3. The van der Waals surface area contributed by atoms with Crippen LogP contribution < -0.4 is 14.9 Å². The van der Waals surface area contributed by atoms with Gasteiger partial charge < -0.3 is 4.90 Å². The maximum Gasteiger partial charge on any atom is 0.266 e. The first-order valence-electron chi connectivity index (χ1n) is 10.4. The lowest BCUT2D eigenvalue weighted by atomic mass is 9.90. The van der Waals surface area contributed by atoms with Crippen molar-refractivity contribution in [2.24, 2.45) is 5.92 Å². The van der Waals surface area contributed by atoms with Crippen LogP contribution >= 0.6 is 0 Å². The minimum Gasteiger partial charge on any atom is -0.378 e. The van der Waals surface area contributed by atoms with E-state index in [0.717, 1.165) is 21.8 Å². The molecule has 0 aromatic heterocycles. The Labute approximate surface area is 185 Å². The van der Waals surface area contributed by atoms with Crippen LogP contribution in [0.3, 0.4) is 0 Å². The molecule has 0 radical (unpaired) electrons. The van der Waals surface area contributed by atoms with Crippen LogP contribution in [0.1, 0.15) is 11.6 Å². The molecule has 0 saturated carbocycles. The Hall–Kier alpha value is -3.71. The highest BCUT2D eigenvalue weighted by molar-refractivity contribution is 6.23. The fourth-order valence-corrected chi connectivity index (χ4v) is 4.37. The fraction of sp³-hybridized carbons (Fsp3) is 0.200. The van der Waals surface area contributed by atoms with Gasteiger partial charge in [0.25, 0.3) is 5.91 Å². The Morgan fingerprint density at radius 3 is 2.09 bits per heavy atom. The van der Waals surface area contributed by atoms with Crippen molar-refractivity contribution in [2.45, 2.75) is 12.1 Å². The highest BCUT2D eigenvalue weighted by Gasteiger charge is 2.60. The van der Waals surface area contributed by atoms with E-state index >= 15 is 0 Å². The van der Waals surface area contributed by atoms with Gasteiger partial charge in [-0.05, 0) is 54.1 Å². The van der Waals surface area contributed by atoms with Gasteiger partial charge in [-0.3, -0.25) is 14.4 Å². The molecule has 0 aliphatic carbocycles. The number of anilines is 3. The zero-order valence-corrected chi connectivity index (χ0v) is 17.7. The van der Waals surface area contributed by atoms with Gasteiger partial charge in [0, 0.05) is 19.8 Å².